The number of nitrogen functional groups attached to an aromatic ring is 1. The minimum absolute atomic E-state index is 0.0304. The second kappa shape index (κ2) is 4.38. The second-order valence-electron chi connectivity index (χ2n) is 4.60. The lowest BCUT2D eigenvalue weighted by molar-refractivity contribution is 0.478. The van der Waals surface area contributed by atoms with Gasteiger partial charge in [0.05, 0.1) is 16.8 Å². The summed E-state index contributed by atoms with van der Waals surface area (Å²) in [6.07, 6.45) is 0. The lowest BCUT2D eigenvalue weighted by Crippen LogP contribution is -2.20. The number of benzene rings is 2. The fourth-order valence-electron chi connectivity index (χ4n) is 2.21. The standard InChI is InChI=1S/C15H13N3O2/c1-18-15(20)11-5-3-2-4-10(11)14(17-18)9-6-7-13(19)12(16)8-9/h2-8,19H,16H2,1H3. The van der Waals surface area contributed by atoms with Gasteiger partial charge in [-0.1, -0.05) is 18.2 Å². The summed E-state index contributed by atoms with van der Waals surface area (Å²) in [6, 6.07) is 12.2. The van der Waals surface area contributed by atoms with E-state index in [1.54, 1.807) is 25.2 Å². The van der Waals surface area contributed by atoms with Crippen LogP contribution in [0.15, 0.2) is 47.3 Å². The van der Waals surface area contributed by atoms with Crippen LogP contribution in [0, 0.1) is 0 Å². The molecule has 100 valence electrons. The normalized spacial score (nSPS) is 10.8. The summed E-state index contributed by atoms with van der Waals surface area (Å²) < 4.78 is 1.31. The highest BCUT2D eigenvalue weighted by Crippen LogP contribution is 2.29. The van der Waals surface area contributed by atoms with Crippen molar-refractivity contribution in [2.45, 2.75) is 0 Å². The second-order valence-corrected chi connectivity index (χ2v) is 4.60. The zero-order valence-corrected chi connectivity index (χ0v) is 10.9. The number of phenols is 1. The van der Waals surface area contributed by atoms with E-state index in [1.807, 2.05) is 18.2 Å². The lowest BCUT2D eigenvalue weighted by Gasteiger charge is -2.09. The fraction of sp³-hybridized carbons (Fsp3) is 0.0667. The SMILES string of the molecule is Cn1nc(-c2ccc(O)c(N)c2)c2ccccc2c1=O. The number of aromatic nitrogens is 2. The molecule has 0 spiro atoms. The van der Waals surface area contributed by atoms with E-state index < -0.39 is 0 Å². The molecule has 5 heteroatoms. The van der Waals surface area contributed by atoms with Crippen LogP contribution in [0.2, 0.25) is 0 Å². The molecule has 0 radical (unpaired) electrons. The highest BCUT2D eigenvalue weighted by molar-refractivity contribution is 5.94. The summed E-state index contributed by atoms with van der Waals surface area (Å²) in [5, 5.41) is 15.2. The molecule has 0 saturated heterocycles. The highest BCUT2D eigenvalue weighted by Gasteiger charge is 2.11. The Morgan fingerprint density at radius 3 is 2.55 bits per heavy atom. The zero-order chi connectivity index (χ0) is 14.3. The van der Waals surface area contributed by atoms with Gasteiger partial charge in [0.25, 0.3) is 5.56 Å². The molecule has 0 bridgehead atoms. The molecule has 0 amide bonds. The quantitative estimate of drug-likeness (QED) is 0.521. The Morgan fingerprint density at radius 2 is 1.85 bits per heavy atom. The van der Waals surface area contributed by atoms with E-state index in [2.05, 4.69) is 5.10 Å². The number of nitrogens with zero attached hydrogens (tertiary/aromatic N) is 2. The van der Waals surface area contributed by atoms with Crippen LogP contribution >= 0.6 is 0 Å². The maximum Gasteiger partial charge on any atom is 0.274 e. The topological polar surface area (TPSA) is 81.1 Å². The number of hydrogen-bond donors (Lipinski definition) is 2. The number of phenolic OH excluding ortho intramolecular Hbond substituents is 1. The third kappa shape index (κ3) is 1.80. The Kier molecular flexibility index (Phi) is 2.68. The number of nitrogens with two attached hydrogens (primary N) is 1. The van der Waals surface area contributed by atoms with Gasteiger partial charge in [-0.05, 0) is 24.3 Å². The van der Waals surface area contributed by atoms with Crippen LogP contribution in [0.3, 0.4) is 0 Å². The Bertz CT molecular complexity index is 869. The van der Waals surface area contributed by atoms with Gasteiger partial charge in [-0.2, -0.15) is 5.10 Å². The largest absolute Gasteiger partial charge is 0.506 e. The molecule has 5 nitrogen and oxygen atoms in total. The Labute approximate surface area is 114 Å². The molecule has 3 N–H and O–H groups in total. The number of rotatable bonds is 1. The molecule has 0 saturated carbocycles. The highest BCUT2D eigenvalue weighted by atomic mass is 16.3. The van der Waals surface area contributed by atoms with Crippen LogP contribution in [0.25, 0.3) is 22.0 Å². The van der Waals surface area contributed by atoms with Gasteiger partial charge in [0.15, 0.2) is 0 Å². The molecule has 0 aliphatic rings. The summed E-state index contributed by atoms with van der Waals surface area (Å²) in [5.74, 6) is 0.0304. The monoisotopic (exact) mass is 267 g/mol. The number of fused-ring (bicyclic) bond motifs is 1. The van der Waals surface area contributed by atoms with Crippen LogP contribution in [-0.2, 0) is 7.05 Å². The van der Waals surface area contributed by atoms with E-state index in [-0.39, 0.29) is 17.0 Å². The maximum atomic E-state index is 12.1. The van der Waals surface area contributed by atoms with Crippen molar-refractivity contribution in [3.05, 3.63) is 52.8 Å². The first-order valence-electron chi connectivity index (χ1n) is 6.13. The first-order valence-corrected chi connectivity index (χ1v) is 6.13. The Hall–Kier alpha value is -2.82. The van der Waals surface area contributed by atoms with Crippen molar-refractivity contribution >= 4 is 16.5 Å². The molecule has 0 fully saturated rings. The summed E-state index contributed by atoms with van der Waals surface area (Å²) >= 11 is 0. The van der Waals surface area contributed by atoms with E-state index in [4.69, 9.17) is 5.73 Å². The molecule has 3 rings (SSSR count). The van der Waals surface area contributed by atoms with Gasteiger partial charge in [0, 0.05) is 18.0 Å². The predicted molar refractivity (Wildman–Crippen MR) is 78.5 cm³/mol. The van der Waals surface area contributed by atoms with E-state index in [9.17, 15) is 9.90 Å². The van der Waals surface area contributed by atoms with Crippen molar-refractivity contribution < 1.29 is 5.11 Å². The minimum atomic E-state index is -0.142. The molecule has 1 aromatic heterocycles. The smallest absolute Gasteiger partial charge is 0.274 e. The molecule has 0 atom stereocenters. The fourth-order valence-corrected chi connectivity index (χ4v) is 2.21. The van der Waals surface area contributed by atoms with Gasteiger partial charge in [-0.3, -0.25) is 4.79 Å². The maximum absolute atomic E-state index is 12.1. The predicted octanol–water partition coefficient (Wildman–Crippen LogP) is 1.89. The van der Waals surface area contributed by atoms with Crippen LogP contribution in [0.1, 0.15) is 0 Å². The first kappa shape index (κ1) is 12.2. The van der Waals surface area contributed by atoms with Crippen LogP contribution in [-0.4, -0.2) is 14.9 Å². The van der Waals surface area contributed by atoms with E-state index in [1.165, 1.54) is 10.7 Å². The van der Waals surface area contributed by atoms with E-state index >= 15 is 0 Å². The number of hydrogen-bond acceptors (Lipinski definition) is 4. The summed E-state index contributed by atoms with van der Waals surface area (Å²) in [4.78, 5) is 12.1. The van der Waals surface area contributed by atoms with Crippen LogP contribution in [0.4, 0.5) is 5.69 Å². The summed E-state index contributed by atoms with van der Waals surface area (Å²) in [7, 11) is 1.61. The van der Waals surface area contributed by atoms with Gasteiger partial charge in [0.1, 0.15) is 5.75 Å². The average molecular weight is 267 g/mol. The van der Waals surface area contributed by atoms with E-state index in [0.29, 0.717) is 11.1 Å². The van der Waals surface area contributed by atoms with Gasteiger partial charge in [0.2, 0.25) is 0 Å². The van der Waals surface area contributed by atoms with Crippen molar-refractivity contribution in [3.63, 3.8) is 0 Å². The minimum Gasteiger partial charge on any atom is -0.506 e. The molecule has 0 unspecified atom stereocenters. The van der Waals surface area contributed by atoms with Crippen molar-refractivity contribution in [1.29, 1.82) is 0 Å². The average Bonchev–Trinajstić information content (AvgIpc) is 2.46. The molecule has 20 heavy (non-hydrogen) atoms. The first-order chi connectivity index (χ1) is 9.58. The third-order valence-electron chi connectivity index (χ3n) is 3.26. The summed E-state index contributed by atoms with van der Waals surface area (Å²) in [5.41, 5.74) is 7.28. The van der Waals surface area contributed by atoms with Gasteiger partial charge < -0.3 is 10.8 Å². The van der Waals surface area contributed by atoms with Crippen molar-refractivity contribution in [3.8, 4) is 17.0 Å². The summed E-state index contributed by atoms with van der Waals surface area (Å²) in [6.45, 7) is 0. The zero-order valence-electron chi connectivity index (χ0n) is 10.9. The molecule has 1 heterocycles. The lowest BCUT2D eigenvalue weighted by atomic mass is 10.0. The van der Waals surface area contributed by atoms with Gasteiger partial charge in [-0.15, -0.1) is 0 Å². The van der Waals surface area contributed by atoms with Gasteiger partial charge >= 0.3 is 0 Å². The molecule has 0 aliphatic carbocycles. The van der Waals surface area contributed by atoms with Crippen molar-refractivity contribution in [2.24, 2.45) is 7.05 Å². The molecule has 3 aromatic rings. The number of aryl methyl sites for hydroxylation is 1. The number of aromatic hydroxyl groups is 1. The van der Waals surface area contributed by atoms with Crippen molar-refractivity contribution in [2.75, 3.05) is 5.73 Å². The van der Waals surface area contributed by atoms with E-state index in [0.717, 1.165) is 10.9 Å². The van der Waals surface area contributed by atoms with Crippen LogP contribution in [0.5, 0.6) is 5.75 Å². The van der Waals surface area contributed by atoms with Gasteiger partial charge in [-0.25, -0.2) is 4.68 Å². The van der Waals surface area contributed by atoms with Crippen molar-refractivity contribution in [1.82, 2.24) is 9.78 Å². The van der Waals surface area contributed by atoms with Crippen LogP contribution < -0.4 is 11.3 Å². The number of anilines is 1. The third-order valence-corrected chi connectivity index (χ3v) is 3.26. The molecular weight excluding hydrogens is 254 g/mol. The molecule has 0 aliphatic heterocycles. The Balaban J connectivity index is 2.39. The Morgan fingerprint density at radius 1 is 1.15 bits per heavy atom. The molecular formula is C15H13N3O2. The molecule has 2 aromatic carbocycles.